The predicted molar refractivity (Wildman–Crippen MR) is 123 cm³/mol. The van der Waals surface area contributed by atoms with Crippen LogP contribution in [0.1, 0.15) is 32.7 Å². The average Bonchev–Trinajstić information content (AvgIpc) is 3.04. The van der Waals surface area contributed by atoms with Crippen LogP contribution in [0.4, 0.5) is 0 Å². The highest BCUT2D eigenvalue weighted by Crippen LogP contribution is 2.12. The van der Waals surface area contributed by atoms with Crippen LogP contribution in [0.5, 0.6) is 0 Å². The van der Waals surface area contributed by atoms with Crippen molar-refractivity contribution in [1.29, 1.82) is 0 Å². The fourth-order valence-corrected chi connectivity index (χ4v) is 3.14. The number of thiazole rings is 1. The zero-order valence-corrected chi connectivity index (χ0v) is 19.4. The van der Waals surface area contributed by atoms with E-state index in [1.165, 1.54) is 0 Å². The summed E-state index contributed by atoms with van der Waals surface area (Å²) in [5.74, 6) is 0.814. The molecule has 2 rings (SSSR count). The summed E-state index contributed by atoms with van der Waals surface area (Å²) in [5.41, 5.74) is 1.84. The lowest BCUT2D eigenvalue weighted by atomic mass is 10.1. The van der Waals surface area contributed by atoms with E-state index in [1.807, 2.05) is 44.3 Å². The lowest BCUT2D eigenvalue weighted by Gasteiger charge is -2.13. The van der Waals surface area contributed by atoms with Gasteiger partial charge in [-0.2, -0.15) is 0 Å². The van der Waals surface area contributed by atoms with Gasteiger partial charge in [-0.15, -0.1) is 35.3 Å². The highest BCUT2D eigenvalue weighted by Gasteiger charge is 2.08. The number of carbonyl (C=O) groups excluding carboxylic acids is 1. The maximum atomic E-state index is 12.1. The zero-order chi connectivity index (χ0) is 18.9. The van der Waals surface area contributed by atoms with Crippen molar-refractivity contribution in [2.24, 2.45) is 4.99 Å². The molecule has 0 atom stereocenters. The van der Waals surface area contributed by atoms with Crippen LogP contribution in [-0.4, -0.2) is 48.9 Å². The molecule has 2 aromatic rings. The van der Waals surface area contributed by atoms with Crippen molar-refractivity contribution in [2.45, 2.75) is 26.8 Å². The summed E-state index contributed by atoms with van der Waals surface area (Å²) in [4.78, 5) is 23.7. The molecule has 0 aliphatic rings. The van der Waals surface area contributed by atoms with Gasteiger partial charge in [-0.3, -0.25) is 4.79 Å². The zero-order valence-electron chi connectivity index (χ0n) is 16.3. The number of aromatic nitrogens is 1. The molecule has 1 aromatic heterocycles. The number of amides is 1. The Balaban J connectivity index is 0.00000364. The number of nitrogens with one attached hydrogen (secondary N) is 2. The molecule has 0 fully saturated rings. The summed E-state index contributed by atoms with van der Waals surface area (Å²) >= 11 is 1.67. The Labute approximate surface area is 182 Å². The highest BCUT2D eigenvalue weighted by atomic mass is 127. The van der Waals surface area contributed by atoms with Crippen LogP contribution >= 0.6 is 35.3 Å². The maximum absolute atomic E-state index is 12.1. The number of halogens is 1. The molecule has 0 aliphatic heterocycles. The molecule has 1 heterocycles. The largest absolute Gasteiger partial charge is 0.357 e. The molecule has 6 nitrogen and oxygen atoms in total. The van der Waals surface area contributed by atoms with E-state index < -0.39 is 0 Å². The number of benzene rings is 1. The lowest BCUT2D eigenvalue weighted by Crippen LogP contribution is -2.38. The van der Waals surface area contributed by atoms with Crippen LogP contribution < -0.4 is 10.6 Å². The molecule has 8 heteroatoms. The van der Waals surface area contributed by atoms with E-state index in [1.54, 1.807) is 30.3 Å². The van der Waals surface area contributed by atoms with E-state index in [-0.39, 0.29) is 29.9 Å². The van der Waals surface area contributed by atoms with Crippen LogP contribution in [0.3, 0.4) is 0 Å². The predicted octanol–water partition coefficient (Wildman–Crippen LogP) is 3.07. The van der Waals surface area contributed by atoms with Gasteiger partial charge in [-0.1, -0.05) is 12.1 Å². The fraction of sp³-hybridized carbons (Fsp3) is 0.421. The Hall–Kier alpha value is -1.68. The standard InChI is InChI=1S/C19H27N5OS.HI/c1-5-20-19(23-13-17-12-22-14(2)26-17)21-10-9-15-7-6-8-16(11-15)18(25)24(3)4;/h6-8,11-12H,5,9-10,13H2,1-4H3,(H2,20,21,23);1H. The number of hydrogen-bond acceptors (Lipinski definition) is 4. The molecule has 0 aliphatic carbocycles. The third-order valence-electron chi connectivity index (χ3n) is 3.69. The van der Waals surface area contributed by atoms with Crippen molar-refractivity contribution in [3.8, 4) is 0 Å². The number of nitrogens with zero attached hydrogens (tertiary/aromatic N) is 3. The second kappa shape index (κ2) is 11.9. The van der Waals surface area contributed by atoms with Gasteiger partial charge < -0.3 is 15.5 Å². The van der Waals surface area contributed by atoms with Gasteiger partial charge in [0.2, 0.25) is 0 Å². The number of aliphatic imine (C=N–C) groups is 1. The first-order valence-electron chi connectivity index (χ1n) is 8.73. The van der Waals surface area contributed by atoms with Gasteiger partial charge in [-0.05, 0) is 38.0 Å². The van der Waals surface area contributed by atoms with Crippen molar-refractivity contribution in [1.82, 2.24) is 20.5 Å². The third kappa shape index (κ3) is 7.84. The summed E-state index contributed by atoms with van der Waals surface area (Å²) in [6, 6.07) is 7.77. The minimum absolute atomic E-state index is 0. The SMILES string of the molecule is CCNC(=NCc1cnc(C)s1)NCCc1cccc(C(=O)N(C)C)c1.I. The average molecular weight is 501 g/mol. The van der Waals surface area contributed by atoms with Crippen molar-refractivity contribution < 1.29 is 4.79 Å². The van der Waals surface area contributed by atoms with E-state index in [0.717, 1.165) is 40.9 Å². The lowest BCUT2D eigenvalue weighted by molar-refractivity contribution is 0.0827. The van der Waals surface area contributed by atoms with Crippen molar-refractivity contribution in [2.75, 3.05) is 27.2 Å². The molecular weight excluding hydrogens is 473 g/mol. The molecular formula is C19H28IN5OS. The Morgan fingerprint density at radius 3 is 2.70 bits per heavy atom. The summed E-state index contributed by atoms with van der Waals surface area (Å²) in [6.07, 6.45) is 2.69. The monoisotopic (exact) mass is 501 g/mol. The van der Waals surface area contributed by atoms with Gasteiger partial charge in [0.15, 0.2) is 5.96 Å². The Kier molecular flexibility index (Phi) is 10.3. The fourth-order valence-electron chi connectivity index (χ4n) is 2.42. The molecule has 1 aromatic carbocycles. The highest BCUT2D eigenvalue weighted by molar-refractivity contribution is 14.0. The van der Waals surface area contributed by atoms with Gasteiger partial charge in [-0.25, -0.2) is 9.98 Å². The van der Waals surface area contributed by atoms with E-state index in [2.05, 4.69) is 20.6 Å². The van der Waals surface area contributed by atoms with Gasteiger partial charge in [0.05, 0.1) is 11.6 Å². The van der Waals surface area contributed by atoms with Crippen molar-refractivity contribution in [3.05, 3.63) is 51.5 Å². The second-order valence-electron chi connectivity index (χ2n) is 6.12. The topological polar surface area (TPSA) is 69.6 Å². The molecule has 0 unspecified atom stereocenters. The van der Waals surface area contributed by atoms with Gasteiger partial charge in [0.1, 0.15) is 0 Å². The van der Waals surface area contributed by atoms with E-state index in [4.69, 9.17) is 0 Å². The molecule has 27 heavy (non-hydrogen) atoms. The van der Waals surface area contributed by atoms with Gasteiger partial charge >= 0.3 is 0 Å². The van der Waals surface area contributed by atoms with Gasteiger partial charge in [0.25, 0.3) is 5.91 Å². The van der Waals surface area contributed by atoms with Crippen LogP contribution in [-0.2, 0) is 13.0 Å². The molecule has 1 amide bonds. The Bertz CT molecular complexity index is 760. The first-order chi connectivity index (χ1) is 12.5. The Morgan fingerprint density at radius 2 is 2.07 bits per heavy atom. The van der Waals surface area contributed by atoms with Crippen LogP contribution in [0.15, 0.2) is 35.5 Å². The molecule has 0 bridgehead atoms. The second-order valence-corrected chi connectivity index (χ2v) is 7.44. The van der Waals surface area contributed by atoms with Gasteiger partial charge in [0, 0.05) is 43.8 Å². The number of guanidine groups is 1. The summed E-state index contributed by atoms with van der Waals surface area (Å²) in [6.45, 7) is 6.21. The van der Waals surface area contributed by atoms with E-state index in [9.17, 15) is 4.79 Å². The minimum Gasteiger partial charge on any atom is -0.357 e. The van der Waals surface area contributed by atoms with Crippen LogP contribution in [0.25, 0.3) is 0 Å². The number of aryl methyl sites for hydroxylation is 1. The Morgan fingerprint density at radius 1 is 1.30 bits per heavy atom. The number of carbonyl (C=O) groups is 1. The van der Waals surface area contributed by atoms with Crippen LogP contribution in [0.2, 0.25) is 0 Å². The minimum atomic E-state index is 0. The van der Waals surface area contributed by atoms with E-state index >= 15 is 0 Å². The number of hydrogen-bond donors (Lipinski definition) is 2. The normalized spacial score (nSPS) is 10.9. The molecule has 0 saturated carbocycles. The van der Waals surface area contributed by atoms with Crippen molar-refractivity contribution >= 4 is 47.2 Å². The molecule has 0 saturated heterocycles. The maximum Gasteiger partial charge on any atom is 0.253 e. The number of rotatable bonds is 7. The third-order valence-corrected chi connectivity index (χ3v) is 4.59. The summed E-state index contributed by atoms with van der Waals surface area (Å²) in [5, 5.41) is 7.65. The molecule has 0 radical (unpaired) electrons. The van der Waals surface area contributed by atoms with Crippen molar-refractivity contribution in [3.63, 3.8) is 0 Å². The van der Waals surface area contributed by atoms with E-state index in [0.29, 0.717) is 12.1 Å². The molecule has 2 N–H and O–H groups in total. The van der Waals surface area contributed by atoms with Crippen LogP contribution in [0, 0.1) is 6.92 Å². The first kappa shape index (κ1) is 23.4. The smallest absolute Gasteiger partial charge is 0.253 e. The first-order valence-corrected chi connectivity index (χ1v) is 9.55. The molecule has 148 valence electrons. The summed E-state index contributed by atoms with van der Waals surface area (Å²) in [7, 11) is 3.53. The molecule has 0 spiro atoms. The summed E-state index contributed by atoms with van der Waals surface area (Å²) < 4.78 is 0. The quantitative estimate of drug-likeness (QED) is 0.348.